The fraction of sp³-hybridized carbons (Fsp3) is 0.105. The van der Waals surface area contributed by atoms with Crippen molar-refractivity contribution in [3.63, 3.8) is 0 Å². The molecule has 0 fully saturated rings. The van der Waals surface area contributed by atoms with Gasteiger partial charge in [-0.2, -0.15) is 0 Å². The van der Waals surface area contributed by atoms with Crippen LogP contribution in [0.15, 0.2) is 66.0 Å². The summed E-state index contributed by atoms with van der Waals surface area (Å²) in [6.07, 6.45) is 0.734. The zero-order valence-corrected chi connectivity index (χ0v) is 13.5. The second-order valence-electron chi connectivity index (χ2n) is 5.07. The first-order valence-electron chi connectivity index (χ1n) is 7.08. The van der Waals surface area contributed by atoms with Crippen molar-refractivity contribution in [1.29, 1.82) is 0 Å². The molecule has 0 atom stereocenters. The third-order valence-corrected chi connectivity index (χ3v) is 4.73. The summed E-state index contributed by atoms with van der Waals surface area (Å²) in [5.41, 5.74) is 4.16. The first-order chi connectivity index (χ1) is 10.8. The molecular weight excluding hydrogens is 312 g/mol. The number of carbonyl (C=O) groups excluding carboxylic acids is 1. The largest absolute Gasteiger partial charge is 0.293 e. The lowest BCUT2D eigenvalue weighted by Gasteiger charge is -2.09. The van der Waals surface area contributed by atoms with Crippen molar-refractivity contribution >= 4 is 28.7 Å². The van der Waals surface area contributed by atoms with Crippen LogP contribution < -0.4 is 0 Å². The van der Waals surface area contributed by atoms with Gasteiger partial charge >= 0.3 is 0 Å². The first-order valence-corrected chi connectivity index (χ1v) is 8.49. The Labute approximate surface area is 139 Å². The molecule has 0 bridgehead atoms. The van der Waals surface area contributed by atoms with E-state index in [4.69, 9.17) is 11.6 Å². The van der Waals surface area contributed by atoms with Crippen LogP contribution in [0.25, 0.3) is 10.4 Å². The van der Waals surface area contributed by atoms with Crippen molar-refractivity contribution in [3.05, 3.63) is 82.7 Å². The monoisotopic (exact) mass is 326 g/mol. The number of alkyl halides is 1. The van der Waals surface area contributed by atoms with Crippen molar-refractivity contribution in [3.8, 4) is 10.4 Å². The third-order valence-electron chi connectivity index (χ3n) is 3.57. The Hall–Kier alpha value is -1.90. The van der Waals surface area contributed by atoms with E-state index in [1.165, 1.54) is 16.0 Å². The van der Waals surface area contributed by atoms with E-state index < -0.39 is 0 Å². The molecule has 0 amide bonds. The molecule has 2 aromatic carbocycles. The highest BCUT2D eigenvalue weighted by Gasteiger charge is 2.10. The van der Waals surface area contributed by atoms with Gasteiger partial charge in [0.05, 0.1) is 5.88 Å². The summed E-state index contributed by atoms with van der Waals surface area (Å²) in [6.45, 7) is 0. The van der Waals surface area contributed by atoms with Gasteiger partial charge in [-0.3, -0.25) is 4.79 Å². The third kappa shape index (κ3) is 3.29. The van der Waals surface area contributed by atoms with Gasteiger partial charge in [0.1, 0.15) is 0 Å². The Balaban J connectivity index is 1.91. The van der Waals surface area contributed by atoms with Crippen LogP contribution in [0, 0.1) is 0 Å². The second-order valence-corrected chi connectivity index (χ2v) is 6.28. The fourth-order valence-electron chi connectivity index (χ4n) is 2.52. The Morgan fingerprint density at radius 2 is 1.86 bits per heavy atom. The van der Waals surface area contributed by atoms with Crippen molar-refractivity contribution < 1.29 is 4.79 Å². The smallest absolute Gasteiger partial charge is 0.177 e. The summed E-state index contributed by atoms with van der Waals surface area (Å²) >= 11 is 7.44. The second kappa shape index (κ2) is 6.91. The van der Waals surface area contributed by atoms with Gasteiger partial charge in [-0.15, -0.1) is 22.9 Å². The summed E-state index contributed by atoms with van der Waals surface area (Å²) in [5.74, 6) is -0.00151. The summed E-state index contributed by atoms with van der Waals surface area (Å²) in [6, 6.07) is 20.3. The number of halogens is 1. The van der Waals surface area contributed by atoms with Gasteiger partial charge in [0.15, 0.2) is 5.78 Å². The number of carbonyl (C=O) groups is 1. The normalized spacial score (nSPS) is 10.6. The van der Waals surface area contributed by atoms with Crippen LogP contribution in [0.4, 0.5) is 0 Å². The highest BCUT2D eigenvalue weighted by molar-refractivity contribution is 7.13. The predicted molar refractivity (Wildman–Crippen MR) is 94.1 cm³/mol. The molecule has 0 aliphatic heterocycles. The van der Waals surface area contributed by atoms with E-state index in [-0.39, 0.29) is 11.7 Å². The SMILES string of the molecule is O=C(CCl)c1ccccc1Cc1cccc(-c2cccs2)c1. The molecule has 3 aromatic rings. The van der Waals surface area contributed by atoms with Crippen molar-refractivity contribution in [1.82, 2.24) is 0 Å². The van der Waals surface area contributed by atoms with E-state index in [1.54, 1.807) is 11.3 Å². The lowest BCUT2D eigenvalue weighted by atomic mass is 9.96. The standard InChI is InChI=1S/C19H15ClOS/c20-13-18(21)17-8-2-1-6-15(17)11-14-5-3-7-16(12-14)19-9-4-10-22-19/h1-10,12H,11,13H2. The molecule has 1 aromatic heterocycles. The summed E-state index contributed by atoms with van der Waals surface area (Å²) in [7, 11) is 0. The molecule has 0 N–H and O–H groups in total. The number of ketones is 1. The molecule has 3 heteroatoms. The molecule has 0 saturated carbocycles. The molecule has 1 nitrogen and oxygen atoms in total. The summed E-state index contributed by atoms with van der Waals surface area (Å²) < 4.78 is 0. The number of Topliss-reactive ketones (excluding diaryl/α,β-unsaturated/α-hetero) is 1. The number of benzene rings is 2. The number of rotatable bonds is 5. The van der Waals surface area contributed by atoms with Crippen molar-refractivity contribution in [2.75, 3.05) is 5.88 Å². The minimum absolute atomic E-state index is 0.0201. The number of thiophene rings is 1. The maximum absolute atomic E-state index is 11.9. The van der Waals surface area contributed by atoms with Gasteiger partial charge in [0.2, 0.25) is 0 Å². The topological polar surface area (TPSA) is 17.1 Å². The lowest BCUT2D eigenvalue weighted by Crippen LogP contribution is -2.05. The Morgan fingerprint density at radius 3 is 2.64 bits per heavy atom. The van der Waals surface area contributed by atoms with Gasteiger partial charge in [-0.1, -0.05) is 54.6 Å². The maximum atomic E-state index is 11.9. The first kappa shape index (κ1) is 15.0. The molecular formula is C19H15ClOS. The average molecular weight is 327 g/mol. The average Bonchev–Trinajstić information content (AvgIpc) is 3.09. The van der Waals surface area contributed by atoms with E-state index in [0.29, 0.717) is 0 Å². The molecule has 0 aliphatic rings. The minimum Gasteiger partial charge on any atom is -0.293 e. The van der Waals surface area contributed by atoms with E-state index in [1.807, 2.05) is 24.3 Å². The molecule has 0 unspecified atom stereocenters. The number of hydrogen-bond acceptors (Lipinski definition) is 2. The van der Waals surface area contributed by atoms with E-state index in [2.05, 4.69) is 41.8 Å². The Bertz CT molecular complexity index is 778. The van der Waals surface area contributed by atoms with Gasteiger partial charge in [-0.25, -0.2) is 0 Å². The van der Waals surface area contributed by atoms with Gasteiger partial charge < -0.3 is 0 Å². The van der Waals surface area contributed by atoms with Crippen LogP contribution in [0.5, 0.6) is 0 Å². The Morgan fingerprint density at radius 1 is 1.00 bits per heavy atom. The van der Waals surface area contributed by atoms with Crippen LogP contribution >= 0.6 is 22.9 Å². The number of hydrogen-bond donors (Lipinski definition) is 0. The van der Waals surface area contributed by atoms with Crippen molar-refractivity contribution in [2.24, 2.45) is 0 Å². The van der Waals surface area contributed by atoms with Gasteiger partial charge in [0, 0.05) is 10.4 Å². The molecule has 0 saturated heterocycles. The molecule has 3 rings (SSSR count). The van der Waals surface area contributed by atoms with Crippen molar-refractivity contribution in [2.45, 2.75) is 6.42 Å². The van der Waals surface area contributed by atoms with E-state index in [9.17, 15) is 4.79 Å². The fourth-order valence-corrected chi connectivity index (χ4v) is 3.38. The summed E-state index contributed by atoms with van der Waals surface area (Å²) in [4.78, 5) is 13.2. The van der Waals surface area contributed by atoms with E-state index >= 15 is 0 Å². The molecule has 110 valence electrons. The van der Waals surface area contributed by atoms with Crippen LogP contribution in [-0.4, -0.2) is 11.7 Å². The minimum atomic E-state index is -0.0216. The quantitative estimate of drug-likeness (QED) is 0.451. The lowest BCUT2D eigenvalue weighted by molar-refractivity contribution is 0.102. The highest BCUT2D eigenvalue weighted by atomic mass is 35.5. The molecule has 22 heavy (non-hydrogen) atoms. The highest BCUT2D eigenvalue weighted by Crippen LogP contribution is 2.26. The predicted octanol–water partition coefficient (Wildman–Crippen LogP) is 5.43. The molecule has 0 aliphatic carbocycles. The molecule has 1 heterocycles. The van der Waals surface area contributed by atoms with Crippen LogP contribution in [-0.2, 0) is 6.42 Å². The summed E-state index contributed by atoms with van der Waals surface area (Å²) in [5, 5.41) is 2.08. The van der Waals surface area contributed by atoms with Crippen LogP contribution in [0.2, 0.25) is 0 Å². The van der Waals surface area contributed by atoms with Gasteiger partial charge in [-0.05, 0) is 34.6 Å². The molecule has 0 spiro atoms. The zero-order chi connectivity index (χ0) is 15.4. The van der Waals surface area contributed by atoms with Gasteiger partial charge in [0.25, 0.3) is 0 Å². The van der Waals surface area contributed by atoms with E-state index in [0.717, 1.165) is 17.5 Å². The van der Waals surface area contributed by atoms with Crippen LogP contribution in [0.3, 0.4) is 0 Å². The molecule has 0 radical (unpaired) electrons. The Kier molecular flexibility index (Phi) is 4.71. The maximum Gasteiger partial charge on any atom is 0.177 e. The zero-order valence-electron chi connectivity index (χ0n) is 12.0. The van der Waals surface area contributed by atoms with Crippen LogP contribution in [0.1, 0.15) is 21.5 Å².